The van der Waals surface area contributed by atoms with Gasteiger partial charge < -0.3 is 10.4 Å². The molecular weight excluding hydrogens is 555 g/mol. The van der Waals surface area contributed by atoms with Gasteiger partial charge in [0.2, 0.25) is 5.95 Å². The molecule has 5 rings (SSSR count). The lowest BCUT2D eigenvalue weighted by atomic mass is 9.76. The van der Waals surface area contributed by atoms with Gasteiger partial charge in [-0.25, -0.2) is 32.3 Å². The van der Waals surface area contributed by atoms with Crippen molar-refractivity contribution in [3.8, 4) is 11.3 Å². The third-order valence-electron chi connectivity index (χ3n) is 8.53. The number of rotatable bonds is 12. The number of hydrogen-bond donors (Lipinski definition) is 3. The fraction of sp³-hybridized carbons (Fsp3) is 0.469. The molecule has 8 nitrogen and oxygen atoms in total. The van der Waals surface area contributed by atoms with Crippen LogP contribution in [0.2, 0.25) is 0 Å². The predicted octanol–water partition coefficient (Wildman–Crippen LogP) is 6.28. The molecule has 2 aliphatic carbocycles. The lowest BCUT2D eigenvalue weighted by Crippen LogP contribution is -2.47. The van der Waals surface area contributed by atoms with Crippen LogP contribution < -0.4 is 10.0 Å². The minimum atomic E-state index is -4.26. The van der Waals surface area contributed by atoms with Crippen molar-refractivity contribution >= 4 is 21.9 Å². The average molecular weight is 595 g/mol. The molecule has 2 saturated carbocycles. The number of benzene rings is 2. The van der Waals surface area contributed by atoms with Gasteiger partial charge in [-0.15, -0.1) is 0 Å². The van der Waals surface area contributed by atoms with E-state index in [1.807, 2.05) is 32.0 Å². The Kier molecular flexibility index (Phi) is 8.40. The van der Waals surface area contributed by atoms with Crippen LogP contribution in [0.3, 0.4) is 0 Å². The Balaban J connectivity index is 1.46. The van der Waals surface area contributed by atoms with Gasteiger partial charge in [-0.2, -0.15) is 0 Å². The van der Waals surface area contributed by atoms with Gasteiger partial charge in [-0.1, -0.05) is 38.1 Å². The van der Waals surface area contributed by atoms with Crippen LogP contribution in [0.1, 0.15) is 79.6 Å². The van der Waals surface area contributed by atoms with E-state index in [4.69, 9.17) is 0 Å². The summed E-state index contributed by atoms with van der Waals surface area (Å²) in [7, 11) is -4.26. The molecule has 0 bridgehead atoms. The van der Waals surface area contributed by atoms with Crippen molar-refractivity contribution in [2.45, 2.75) is 89.6 Å². The monoisotopic (exact) mass is 594 g/mol. The zero-order chi connectivity index (χ0) is 30.2. The molecule has 3 N–H and O–H groups in total. The zero-order valence-electron chi connectivity index (χ0n) is 24.6. The van der Waals surface area contributed by atoms with E-state index in [1.165, 1.54) is 43.9 Å². The number of carboxylic acid groups (broad SMARTS) is 1. The summed E-state index contributed by atoms with van der Waals surface area (Å²) >= 11 is 0. The molecule has 42 heavy (non-hydrogen) atoms. The van der Waals surface area contributed by atoms with Gasteiger partial charge in [-0.05, 0) is 99.5 Å². The van der Waals surface area contributed by atoms with Crippen LogP contribution >= 0.6 is 0 Å². The molecule has 0 radical (unpaired) electrons. The Morgan fingerprint density at radius 2 is 1.76 bits per heavy atom. The first kappa shape index (κ1) is 30.1. The van der Waals surface area contributed by atoms with Gasteiger partial charge in [0.15, 0.2) is 5.82 Å². The number of anilines is 1. The van der Waals surface area contributed by atoms with E-state index >= 15 is 4.39 Å². The summed E-state index contributed by atoms with van der Waals surface area (Å²) < 4.78 is 45.1. The fourth-order valence-corrected chi connectivity index (χ4v) is 7.19. The second-order valence-corrected chi connectivity index (χ2v) is 14.2. The number of aromatic nitrogens is 2. The SMILES string of the molecule is Cc1cccc(C)c1-c1nc(NS(=O)(=O)c2cccc(C(=O)O)c2)nc(CCC(CC(C)C)NC2CC3(CC3)C2)c1F. The lowest BCUT2D eigenvalue weighted by molar-refractivity contribution is 0.0696. The van der Waals surface area contributed by atoms with Crippen molar-refractivity contribution in [3.63, 3.8) is 0 Å². The first-order valence-electron chi connectivity index (χ1n) is 14.6. The molecule has 0 saturated heterocycles. The Bertz CT molecular complexity index is 1580. The van der Waals surface area contributed by atoms with Crippen molar-refractivity contribution in [2.75, 3.05) is 4.72 Å². The Morgan fingerprint density at radius 1 is 1.10 bits per heavy atom. The molecule has 1 heterocycles. The van der Waals surface area contributed by atoms with Crippen LogP contribution in [-0.2, 0) is 16.4 Å². The highest BCUT2D eigenvalue weighted by Gasteiger charge is 2.52. The third kappa shape index (κ3) is 6.65. The smallest absolute Gasteiger partial charge is 0.335 e. The van der Waals surface area contributed by atoms with Crippen molar-refractivity contribution in [1.82, 2.24) is 15.3 Å². The largest absolute Gasteiger partial charge is 0.478 e. The summed E-state index contributed by atoms with van der Waals surface area (Å²) in [6.45, 7) is 8.07. The van der Waals surface area contributed by atoms with Gasteiger partial charge >= 0.3 is 5.97 Å². The zero-order valence-corrected chi connectivity index (χ0v) is 25.4. The van der Waals surface area contributed by atoms with Crippen molar-refractivity contribution < 1.29 is 22.7 Å². The number of aryl methyl sites for hydroxylation is 3. The topological polar surface area (TPSA) is 121 Å². The summed E-state index contributed by atoms with van der Waals surface area (Å²) in [5, 5.41) is 13.1. The normalized spacial score (nSPS) is 16.8. The van der Waals surface area contributed by atoms with E-state index in [9.17, 15) is 18.3 Å². The fourth-order valence-electron chi connectivity index (χ4n) is 6.20. The maximum Gasteiger partial charge on any atom is 0.335 e. The Morgan fingerprint density at radius 3 is 2.38 bits per heavy atom. The second kappa shape index (κ2) is 11.7. The van der Waals surface area contributed by atoms with Crippen molar-refractivity contribution in [3.05, 3.63) is 70.7 Å². The summed E-state index contributed by atoms with van der Waals surface area (Å²) in [5.41, 5.74) is 2.79. The lowest BCUT2D eigenvalue weighted by Gasteiger charge is -2.39. The van der Waals surface area contributed by atoms with E-state index in [1.54, 1.807) is 0 Å². The van der Waals surface area contributed by atoms with Gasteiger partial charge in [0.1, 0.15) is 5.69 Å². The maximum atomic E-state index is 16.2. The molecule has 10 heteroatoms. The molecule has 1 atom stereocenters. The van der Waals surface area contributed by atoms with Crippen molar-refractivity contribution in [2.24, 2.45) is 11.3 Å². The number of nitrogens with one attached hydrogen (secondary N) is 2. The van der Waals surface area contributed by atoms with Gasteiger partial charge in [0, 0.05) is 17.6 Å². The van der Waals surface area contributed by atoms with E-state index in [0.717, 1.165) is 23.6 Å². The van der Waals surface area contributed by atoms with Gasteiger partial charge in [-0.3, -0.25) is 0 Å². The van der Waals surface area contributed by atoms with E-state index in [0.29, 0.717) is 35.8 Å². The predicted molar refractivity (Wildman–Crippen MR) is 160 cm³/mol. The number of carboxylic acids is 1. The highest BCUT2D eigenvalue weighted by atomic mass is 32.2. The summed E-state index contributed by atoms with van der Waals surface area (Å²) in [4.78, 5) is 19.9. The molecule has 0 amide bonds. The molecule has 0 aliphatic heterocycles. The van der Waals surface area contributed by atoms with E-state index < -0.39 is 21.8 Å². The summed E-state index contributed by atoms with van der Waals surface area (Å²) in [6.07, 6.45) is 6.95. The Labute approximate surface area is 247 Å². The minimum absolute atomic E-state index is 0.0376. The maximum absolute atomic E-state index is 16.2. The molecule has 1 aromatic heterocycles. The molecule has 2 fully saturated rings. The summed E-state index contributed by atoms with van der Waals surface area (Å²) in [6, 6.07) is 11.3. The van der Waals surface area contributed by atoms with E-state index in [2.05, 4.69) is 33.9 Å². The highest BCUT2D eigenvalue weighted by Crippen LogP contribution is 2.60. The minimum Gasteiger partial charge on any atom is -0.478 e. The number of hydrogen-bond acceptors (Lipinski definition) is 6. The molecule has 224 valence electrons. The number of halogens is 1. The van der Waals surface area contributed by atoms with Crippen LogP contribution in [0.4, 0.5) is 10.3 Å². The Hall–Kier alpha value is -3.37. The standard InChI is InChI=1S/C32H39FN4O4S/c1-19(2)15-23(34-24-17-32(18-24)13-14-32)11-12-26-28(33)29(27-20(3)7-5-8-21(27)4)36-31(35-26)37-42(40,41)25-10-6-9-22(16-25)30(38)39/h5-10,16,19,23-24,34H,11-15,17-18H2,1-4H3,(H,38,39)(H,35,36,37). The quantitative estimate of drug-likeness (QED) is 0.226. The van der Waals surface area contributed by atoms with Crippen LogP contribution in [0.5, 0.6) is 0 Å². The molecular formula is C32H39FN4O4S. The first-order valence-corrected chi connectivity index (χ1v) is 16.1. The number of carbonyl (C=O) groups is 1. The molecule has 2 aromatic carbocycles. The van der Waals surface area contributed by atoms with Gasteiger partial charge in [0.05, 0.1) is 16.2 Å². The second-order valence-electron chi connectivity index (χ2n) is 12.5. The average Bonchev–Trinajstić information content (AvgIpc) is 3.69. The van der Waals surface area contributed by atoms with Crippen LogP contribution in [-0.4, -0.2) is 41.5 Å². The number of aromatic carboxylic acids is 1. The highest BCUT2D eigenvalue weighted by molar-refractivity contribution is 7.92. The number of nitrogens with zero attached hydrogens (tertiary/aromatic N) is 2. The summed E-state index contributed by atoms with van der Waals surface area (Å²) in [5.74, 6) is -1.61. The van der Waals surface area contributed by atoms with Crippen LogP contribution in [0.15, 0.2) is 47.4 Å². The van der Waals surface area contributed by atoms with E-state index in [-0.39, 0.29) is 33.8 Å². The van der Waals surface area contributed by atoms with Crippen LogP contribution in [0.25, 0.3) is 11.3 Å². The molecule has 1 spiro atoms. The van der Waals surface area contributed by atoms with Gasteiger partial charge in [0.25, 0.3) is 10.0 Å². The molecule has 3 aromatic rings. The number of sulfonamides is 1. The molecule has 1 unspecified atom stereocenters. The molecule has 2 aliphatic rings. The first-order chi connectivity index (χ1) is 19.9. The van der Waals surface area contributed by atoms with Crippen molar-refractivity contribution in [1.29, 1.82) is 0 Å². The van der Waals surface area contributed by atoms with Crippen LogP contribution in [0, 0.1) is 31.0 Å². The third-order valence-corrected chi connectivity index (χ3v) is 9.85.